The van der Waals surface area contributed by atoms with Gasteiger partial charge in [-0.3, -0.25) is 4.68 Å². The molecule has 0 saturated carbocycles. The van der Waals surface area contributed by atoms with E-state index in [1.54, 1.807) is 0 Å². The lowest BCUT2D eigenvalue weighted by molar-refractivity contribution is -0.0390. The summed E-state index contributed by atoms with van der Waals surface area (Å²) in [6.07, 6.45) is 3.19. The molecule has 0 bridgehead atoms. The highest BCUT2D eigenvalue weighted by atomic mass is 127. The maximum atomic E-state index is 6.07. The molecule has 1 saturated heterocycles. The van der Waals surface area contributed by atoms with Crippen molar-refractivity contribution in [1.82, 2.24) is 20.4 Å². The smallest absolute Gasteiger partial charge is 0.191 e. The number of ether oxygens (including phenoxy) is 2. The van der Waals surface area contributed by atoms with Gasteiger partial charge in [0.2, 0.25) is 0 Å². The van der Waals surface area contributed by atoms with Gasteiger partial charge in [0.25, 0.3) is 0 Å². The van der Waals surface area contributed by atoms with Gasteiger partial charge in [-0.15, -0.1) is 24.0 Å². The molecule has 0 amide bonds. The Bertz CT molecular complexity index is 893. The van der Waals surface area contributed by atoms with Crippen molar-refractivity contribution in [1.29, 1.82) is 0 Å². The van der Waals surface area contributed by atoms with Crippen molar-refractivity contribution in [3.05, 3.63) is 52.3 Å². The van der Waals surface area contributed by atoms with E-state index in [1.807, 2.05) is 11.7 Å². The molecule has 0 aliphatic carbocycles. The van der Waals surface area contributed by atoms with Crippen LogP contribution in [0.2, 0.25) is 0 Å². The number of guanidine groups is 1. The summed E-state index contributed by atoms with van der Waals surface area (Å²) >= 11 is 0. The lowest BCUT2D eigenvalue weighted by atomic mass is 10.1. The van der Waals surface area contributed by atoms with Crippen molar-refractivity contribution < 1.29 is 9.47 Å². The van der Waals surface area contributed by atoms with Gasteiger partial charge in [-0.2, -0.15) is 5.10 Å². The minimum atomic E-state index is 0. The highest BCUT2D eigenvalue weighted by Crippen LogP contribution is 2.16. The maximum absolute atomic E-state index is 6.07. The van der Waals surface area contributed by atoms with Gasteiger partial charge in [-0.25, -0.2) is 4.99 Å². The van der Waals surface area contributed by atoms with Crippen LogP contribution in [0, 0.1) is 13.8 Å². The zero-order valence-corrected chi connectivity index (χ0v) is 23.0. The third-order valence-corrected chi connectivity index (χ3v) is 5.96. The number of aromatic nitrogens is 2. The van der Waals surface area contributed by atoms with E-state index in [0.717, 1.165) is 50.7 Å². The molecule has 1 atom stereocenters. The molecule has 33 heavy (non-hydrogen) atoms. The summed E-state index contributed by atoms with van der Waals surface area (Å²) in [7, 11) is 2.00. The zero-order valence-electron chi connectivity index (χ0n) is 20.7. The van der Waals surface area contributed by atoms with E-state index in [-0.39, 0.29) is 30.0 Å². The summed E-state index contributed by atoms with van der Waals surface area (Å²) in [5, 5.41) is 11.5. The fraction of sp³-hybridized carbons (Fsp3) is 0.600. The standard InChI is InChI=1S/C25H39N5O2.HI/c1-6-26-25(28-18(2)14-24-19(3)29-30(5)20(24)4)27-16-21-8-7-9-22(15-21)17-32-23-10-12-31-13-11-23;/h7-9,15,18,23H,6,10-14,16-17H2,1-5H3,(H2,26,27,28);1H. The molecular formula is C25H40IN5O2. The first-order valence-electron chi connectivity index (χ1n) is 11.8. The average Bonchev–Trinajstić information content (AvgIpc) is 3.03. The molecule has 7 nitrogen and oxygen atoms in total. The molecule has 2 heterocycles. The molecule has 1 aromatic heterocycles. The van der Waals surface area contributed by atoms with Crippen molar-refractivity contribution >= 4 is 29.9 Å². The number of nitrogens with zero attached hydrogens (tertiary/aromatic N) is 3. The Kier molecular flexibility index (Phi) is 11.6. The second-order valence-electron chi connectivity index (χ2n) is 8.66. The first kappa shape index (κ1) is 27.6. The van der Waals surface area contributed by atoms with Gasteiger partial charge in [0.15, 0.2) is 5.96 Å². The van der Waals surface area contributed by atoms with Gasteiger partial charge in [0, 0.05) is 38.5 Å². The first-order chi connectivity index (χ1) is 15.5. The fourth-order valence-electron chi connectivity index (χ4n) is 4.07. The van der Waals surface area contributed by atoms with E-state index < -0.39 is 0 Å². The number of nitrogens with one attached hydrogen (secondary N) is 2. The topological polar surface area (TPSA) is 72.7 Å². The predicted octanol–water partition coefficient (Wildman–Crippen LogP) is 4.04. The summed E-state index contributed by atoms with van der Waals surface area (Å²) in [4.78, 5) is 4.82. The average molecular weight is 570 g/mol. The predicted molar refractivity (Wildman–Crippen MR) is 144 cm³/mol. The van der Waals surface area contributed by atoms with Gasteiger partial charge < -0.3 is 20.1 Å². The molecule has 1 aromatic carbocycles. The van der Waals surface area contributed by atoms with Crippen LogP contribution in [0.25, 0.3) is 0 Å². The molecule has 8 heteroatoms. The van der Waals surface area contributed by atoms with Crippen molar-refractivity contribution in [3.63, 3.8) is 0 Å². The highest BCUT2D eigenvalue weighted by Gasteiger charge is 2.15. The van der Waals surface area contributed by atoms with Gasteiger partial charge in [0.05, 0.1) is 24.9 Å². The van der Waals surface area contributed by atoms with Gasteiger partial charge >= 0.3 is 0 Å². The van der Waals surface area contributed by atoms with Crippen molar-refractivity contribution in [2.75, 3.05) is 19.8 Å². The molecule has 1 unspecified atom stereocenters. The number of benzene rings is 1. The Morgan fingerprint density at radius 1 is 1.27 bits per heavy atom. The number of hydrogen-bond donors (Lipinski definition) is 2. The molecule has 2 N–H and O–H groups in total. The summed E-state index contributed by atoms with van der Waals surface area (Å²) in [5.41, 5.74) is 6.00. The lowest BCUT2D eigenvalue weighted by Gasteiger charge is -2.22. The number of hydrogen-bond acceptors (Lipinski definition) is 4. The molecule has 184 valence electrons. The number of halogens is 1. The highest BCUT2D eigenvalue weighted by molar-refractivity contribution is 14.0. The molecule has 1 fully saturated rings. The van der Waals surface area contributed by atoms with Crippen LogP contribution in [0.15, 0.2) is 29.3 Å². The van der Waals surface area contributed by atoms with E-state index in [0.29, 0.717) is 19.3 Å². The van der Waals surface area contributed by atoms with Crippen LogP contribution in [-0.4, -0.2) is 47.6 Å². The third-order valence-electron chi connectivity index (χ3n) is 5.96. The van der Waals surface area contributed by atoms with Crippen LogP contribution in [0.3, 0.4) is 0 Å². The monoisotopic (exact) mass is 569 g/mol. The second kappa shape index (κ2) is 13.9. The van der Waals surface area contributed by atoms with Crippen LogP contribution in [0.1, 0.15) is 54.8 Å². The molecule has 3 rings (SSSR count). The Balaban J connectivity index is 0.00000385. The van der Waals surface area contributed by atoms with Crippen LogP contribution in [-0.2, 0) is 36.1 Å². The Morgan fingerprint density at radius 2 is 2.00 bits per heavy atom. The normalized spacial score (nSPS) is 15.7. The van der Waals surface area contributed by atoms with Crippen LogP contribution >= 0.6 is 24.0 Å². The molecule has 0 radical (unpaired) electrons. The summed E-state index contributed by atoms with van der Waals surface area (Å²) in [6, 6.07) is 8.77. The van der Waals surface area contributed by atoms with E-state index in [2.05, 4.69) is 67.7 Å². The van der Waals surface area contributed by atoms with E-state index in [4.69, 9.17) is 14.5 Å². The summed E-state index contributed by atoms with van der Waals surface area (Å²) in [6.45, 7) is 12.2. The second-order valence-corrected chi connectivity index (χ2v) is 8.66. The zero-order chi connectivity index (χ0) is 22.9. The molecule has 1 aliphatic heterocycles. The van der Waals surface area contributed by atoms with E-state index in [9.17, 15) is 0 Å². The first-order valence-corrected chi connectivity index (χ1v) is 11.8. The summed E-state index contributed by atoms with van der Waals surface area (Å²) < 4.78 is 13.4. The quantitative estimate of drug-likeness (QED) is 0.271. The minimum absolute atomic E-state index is 0. The molecular weight excluding hydrogens is 529 g/mol. The van der Waals surface area contributed by atoms with E-state index >= 15 is 0 Å². The molecule has 0 spiro atoms. The molecule has 1 aliphatic rings. The van der Waals surface area contributed by atoms with Crippen LogP contribution < -0.4 is 10.6 Å². The number of aliphatic imine (C=N–C) groups is 1. The van der Waals surface area contributed by atoms with Crippen LogP contribution in [0.5, 0.6) is 0 Å². The van der Waals surface area contributed by atoms with Gasteiger partial charge in [-0.05, 0) is 63.6 Å². The van der Waals surface area contributed by atoms with E-state index in [1.165, 1.54) is 22.4 Å². The largest absolute Gasteiger partial charge is 0.381 e. The van der Waals surface area contributed by atoms with Crippen molar-refractivity contribution in [2.24, 2.45) is 12.0 Å². The minimum Gasteiger partial charge on any atom is -0.381 e. The Labute approximate surface area is 215 Å². The fourth-order valence-corrected chi connectivity index (χ4v) is 4.07. The van der Waals surface area contributed by atoms with Crippen LogP contribution in [0.4, 0.5) is 0 Å². The Morgan fingerprint density at radius 3 is 2.67 bits per heavy atom. The van der Waals surface area contributed by atoms with Gasteiger partial charge in [-0.1, -0.05) is 24.3 Å². The van der Waals surface area contributed by atoms with Crippen molar-refractivity contribution in [3.8, 4) is 0 Å². The summed E-state index contributed by atoms with van der Waals surface area (Å²) in [5.74, 6) is 0.836. The Hall–Kier alpha value is -1.65. The number of rotatable bonds is 9. The third kappa shape index (κ3) is 8.57. The number of aryl methyl sites for hydroxylation is 2. The van der Waals surface area contributed by atoms with Crippen molar-refractivity contribution in [2.45, 2.75) is 72.3 Å². The lowest BCUT2D eigenvalue weighted by Crippen LogP contribution is -2.43. The molecule has 2 aromatic rings. The van der Waals surface area contributed by atoms with Gasteiger partial charge in [0.1, 0.15) is 0 Å². The SMILES string of the molecule is CCNC(=NCc1cccc(COC2CCOCC2)c1)NC(C)Cc1c(C)nn(C)c1C.I. The maximum Gasteiger partial charge on any atom is 0.191 e.